The molecule has 0 saturated heterocycles. The predicted molar refractivity (Wildman–Crippen MR) is 93.0 cm³/mol. The molecule has 2 amide bonds. The lowest BCUT2D eigenvalue weighted by molar-refractivity contribution is 0.252. The number of aromatic nitrogens is 3. The summed E-state index contributed by atoms with van der Waals surface area (Å²) in [6.07, 6.45) is 2.72. The largest absolute Gasteiger partial charge is 0.337 e. The van der Waals surface area contributed by atoms with E-state index in [-0.39, 0.29) is 6.03 Å². The van der Waals surface area contributed by atoms with Crippen molar-refractivity contribution in [3.05, 3.63) is 41.0 Å². The van der Waals surface area contributed by atoms with Gasteiger partial charge in [0.2, 0.25) is 0 Å². The minimum Gasteiger partial charge on any atom is -0.337 e. The molecule has 0 radical (unpaired) electrons. The van der Waals surface area contributed by atoms with Gasteiger partial charge in [-0.05, 0) is 32.0 Å². The van der Waals surface area contributed by atoms with E-state index in [1.165, 1.54) is 0 Å². The molecule has 0 bridgehead atoms. The Bertz CT molecular complexity index is 794. The second kappa shape index (κ2) is 6.78. The Morgan fingerprint density at radius 3 is 3.00 bits per heavy atom. The maximum atomic E-state index is 11.9. The van der Waals surface area contributed by atoms with Crippen molar-refractivity contribution < 1.29 is 4.79 Å². The second-order valence-corrected chi connectivity index (χ2v) is 6.31. The molecule has 2 heterocycles. The lowest BCUT2D eigenvalue weighted by atomic mass is 10.2. The van der Waals surface area contributed by atoms with Crippen LogP contribution in [0.2, 0.25) is 0 Å². The molecule has 0 saturated carbocycles. The summed E-state index contributed by atoms with van der Waals surface area (Å²) in [5.74, 6) is 0. The highest BCUT2D eigenvalue weighted by atomic mass is 32.1. The molecule has 0 aliphatic rings. The van der Waals surface area contributed by atoms with Gasteiger partial charge in [-0.3, -0.25) is 4.68 Å². The first kappa shape index (κ1) is 15.5. The first-order valence-corrected chi connectivity index (χ1v) is 8.47. The quantitative estimate of drug-likeness (QED) is 0.753. The number of hydrogen-bond acceptors (Lipinski definition) is 4. The predicted octanol–water partition coefficient (Wildman–Crippen LogP) is 3.44. The van der Waals surface area contributed by atoms with Gasteiger partial charge >= 0.3 is 6.03 Å². The van der Waals surface area contributed by atoms with Crippen LogP contribution in [0.25, 0.3) is 10.9 Å². The molecule has 7 heteroatoms. The van der Waals surface area contributed by atoms with Crippen molar-refractivity contribution in [1.82, 2.24) is 20.1 Å². The van der Waals surface area contributed by atoms with E-state index in [0.29, 0.717) is 12.6 Å². The molecule has 0 aliphatic heterocycles. The van der Waals surface area contributed by atoms with Gasteiger partial charge in [-0.2, -0.15) is 5.10 Å². The fourth-order valence-electron chi connectivity index (χ4n) is 2.23. The number of rotatable bonds is 5. The number of nitrogens with zero attached hydrogens (tertiary/aromatic N) is 3. The Hall–Kier alpha value is -2.41. The number of nitrogens with one attached hydrogen (secondary N) is 2. The first-order chi connectivity index (χ1) is 11.1. The van der Waals surface area contributed by atoms with Crippen LogP contribution in [0.3, 0.4) is 0 Å². The maximum Gasteiger partial charge on any atom is 0.319 e. The Labute approximate surface area is 138 Å². The Morgan fingerprint density at radius 1 is 1.39 bits per heavy atom. The zero-order valence-corrected chi connectivity index (χ0v) is 13.9. The zero-order chi connectivity index (χ0) is 16.2. The van der Waals surface area contributed by atoms with Gasteiger partial charge in [0.15, 0.2) is 0 Å². The van der Waals surface area contributed by atoms with E-state index in [0.717, 1.165) is 28.7 Å². The van der Waals surface area contributed by atoms with Crippen LogP contribution in [0, 0.1) is 0 Å². The Balaban J connectivity index is 1.58. The van der Waals surface area contributed by atoms with Gasteiger partial charge in [0, 0.05) is 41.7 Å². The minimum absolute atomic E-state index is 0.212. The number of carbonyl (C=O) groups is 1. The van der Waals surface area contributed by atoms with E-state index in [1.807, 2.05) is 34.5 Å². The molecule has 0 atom stereocenters. The molecule has 0 fully saturated rings. The van der Waals surface area contributed by atoms with Crippen LogP contribution in [-0.4, -0.2) is 27.3 Å². The number of amides is 2. The summed E-state index contributed by atoms with van der Waals surface area (Å²) in [6.45, 7) is 4.73. The number of urea groups is 1. The van der Waals surface area contributed by atoms with Gasteiger partial charge in [-0.25, -0.2) is 9.78 Å². The van der Waals surface area contributed by atoms with Crippen molar-refractivity contribution >= 4 is 34.0 Å². The summed E-state index contributed by atoms with van der Waals surface area (Å²) in [7, 11) is 0. The summed E-state index contributed by atoms with van der Waals surface area (Å²) in [4.78, 5) is 16.1. The van der Waals surface area contributed by atoms with Crippen LogP contribution >= 0.6 is 11.3 Å². The lowest BCUT2D eigenvalue weighted by Crippen LogP contribution is -2.30. The highest BCUT2D eigenvalue weighted by molar-refractivity contribution is 7.07. The Morgan fingerprint density at radius 2 is 2.26 bits per heavy atom. The highest BCUT2D eigenvalue weighted by Crippen LogP contribution is 2.19. The number of anilines is 1. The fourth-order valence-corrected chi connectivity index (χ4v) is 2.82. The van der Waals surface area contributed by atoms with Crippen molar-refractivity contribution in [1.29, 1.82) is 0 Å². The average Bonchev–Trinajstić information content (AvgIpc) is 3.15. The van der Waals surface area contributed by atoms with Crippen LogP contribution in [0.15, 0.2) is 35.3 Å². The highest BCUT2D eigenvalue weighted by Gasteiger charge is 2.06. The monoisotopic (exact) mass is 329 g/mol. The standard InChI is InChI=1S/C16H19N5OS/c1-11(2)21-8-12-7-13(3-4-15(12)20-21)19-16(22)17-6-5-14-9-23-10-18-14/h3-4,7-11H,5-6H2,1-2H3,(H2,17,19,22). The molecule has 0 aliphatic carbocycles. The van der Waals surface area contributed by atoms with Gasteiger partial charge in [0.25, 0.3) is 0 Å². The normalized spacial score (nSPS) is 11.1. The molecule has 23 heavy (non-hydrogen) atoms. The van der Waals surface area contributed by atoms with Crippen LogP contribution < -0.4 is 10.6 Å². The summed E-state index contributed by atoms with van der Waals surface area (Å²) in [6, 6.07) is 5.81. The van der Waals surface area contributed by atoms with E-state index in [9.17, 15) is 4.79 Å². The number of thiazole rings is 1. The molecular formula is C16H19N5OS. The van der Waals surface area contributed by atoms with Crippen LogP contribution in [0.4, 0.5) is 10.5 Å². The van der Waals surface area contributed by atoms with Crippen molar-refractivity contribution in [2.24, 2.45) is 0 Å². The maximum absolute atomic E-state index is 11.9. The fraction of sp³-hybridized carbons (Fsp3) is 0.312. The lowest BCUT2D eigenvalue weighted by Gasteiger charge is -2.06. The number of fused-ring (bicyclic) bond motifs is 1. The third kappa shape index (κ3) is 3.87. The average molecular weight is 329 g/mol. The third-order valence-corrected chi connectivity index (χ3v) is 4.09. The topological polar surface area (TPSA) is 71.8 Å². The van der Waals surface area contributed by atoms with E-state index in [1.54, 1.807) is 16.8 Å². The minimum atomic E-state index is -0.212. The van der Waals surface area contributed by atoms with Gasteiger partial charge < -0.3 is 10.6 Å². The third-order valence-electron chi connectivity index (χ3n) is 3.46. The van der Waals surface area contributed by atoms with Gasteiger partial charge in [0.05, 0.1) is 16.7 Å². The van der Waals surface area contributed by atoms with Crippen LogP contribution in [0.5, 0.6) is 0 Å². The van der Waals surface area contributed by atoms with Crippen molar-refractivity contribution in [2.45, 2.75) is 26.3 Å². The smallest absolute Gasteiger partial charge is 0.319 e. The molecule has 3 aromatic rings. The molecule has 2 aromatic heterocycles. The second-order valence-electron chi connectivity index (χ2n) is 5.59. The van der Waals surface area contributed by atoms with Crippen molar-refractivity contribution in [2.75, 3.05) is 11.9 Å². The molecule has 120 valence electrons. The summed E-state index contributed by atoms with van der Waals surface area (Å²) in [5.41, 5.74) is 4.47. The molecule has 3 rings (SSSR count). The molecule has 6 nitrogen and oxygen atoms in total. The van der Waals surface area contributed by atoms with E-state index < -0.39 is 0 Å². The first-order valence-electron chi connectivity index (χ1n) is 7.52. The van der Waals surface area contributed by atoms with Gasteiger partial charge in [-0.1, -0.05) is 0 Å². The van der Waals surface area contributed by atoms with Crippen LogP contribution in [0.1, 0.15) is 25.6 Å². The molecule has 1 aromatic carbocycles. The van der Waals surface area contributed by atoms with Crippen LogP contribution in [-0.2, 0) is 6.42 Å². The number of hydrogen-bond donors (Lipinski definition) is 2. The van der Waals surface area contributed by atoms with Crippen molar-refractivity contribution in [3.8, 4) is 0 Å². The van der Waals surface area contributed by atoms with Gasteiger partial charge in [0.1, 0.15) is 0 Å². The summed E-state index contributed by atoms with van der Waals surface area (Å²) < 4.78 is 1.92. The Kier molecular flexibility index (Phi) is 4.57. The molecular weight excluding hydrogens is 310 g/mol. The summed E-state index contributed by atoms with van der Waals surface area (Å²) in [5, 5.41) is 13.2. The molecule has 0 spiro atoms. The number of benzene rings is 1. The van der Waals surface area contributed by atoms with Gasteiger partial charge in [-0.15, -0.1) is 11.3 Å². The van der Waals surface area contributed by atoms with E-state index in [2.05, 4.69) is 34.6 Å². The van der Waals surface area contributed by atoms with Crippen molar-refractivity contribution in [3.63, 3.8) is 0 Å². The SMILES string of the molecule is CC(C)n1cc2cc(NC(=O)NCCc3cscn3)ccc2n1. The molecule has 0 unspecified atom stereocenters. The molecule has 2 N–H and O–H groups in total. The van der Waals surface area contributed by atoms with E-state index in [4.69, 9.17) is 0 Å². The summed E-state index contributed by atoms with van der Waals surface area (Å²) >= 11 is 1.56. The zero-order valence-electron chi connectivity index (χ0n) is 13.1. The number of carbonyl (C=O) groups excluding carboxylic acids is 1. The van der Waals surface area contributed by atoms with E-state index >= 15 is 0 Å².